The summed E-state index contributed by atoms with van der Waals surface area (Å²) >= 11 is 0. The molecule has 0 atom stereocenters. The van der Waals surface area contributed by atoms with Crippen LogP contribution in [0.1, 0.15) is 24.0 Å². The van der Waals surface area contributed by atoms with Crippen LogP contribution in [-0.2, 0) is 16.0 Å². The molecule has 6 nitrogen and oxygen atoms in total. The lowest BCUT2D eigenvalue weighted by molar-refractivity contribution is -0.119. The number of hydrogen-bond donors (Lipinski definition) is 3. The van der Waals surface area contributed by atoms with E-state index in [9.17, 15) is 4.79 Å². The Hall–Kier alpha value is -2.86. The van der Waals surface area contributed by atoms with E-state index >= 15 is 0 Å². The lowest BCUT2D eigenvalue weighted by atomic mass is 9.96. The van der Waals surface area contributed by atoms with E-state index in [1.807, 2.05) is 37.3 Å². The summed E-state index contributed by atoms with van der Waals surface area (Å²) in [6.07, 6.45) is 1.61. The largest absolute Gasteiger partial charge is 0.493 e. The molecule has 2 aromatic rings. The maximum Gasteiger partial charge on any atom is 0.226 e. The molecule has 0 aliphatic heterocycles. The van der Waals surface area contributed by atoms with Gasteiger partial charge in [-0.3, -0.25) is 15.5 Å². The van der Waals surface area contributed by atoms with Crippen LogP contribution in [0.15, 0.2) is 42.5 Å². The van der Waals surface area contributed by atoms with Crippen molar-refractivity contribution in [1.82, 2.24) is 5.32 Å². The number of hydrogen-bond acceptors (Lipinski definition) is 4. The van der Waals surface area contributed by atoms with Crippen LogP contribution in [0.3, 0.4) is 0 Å². The van der Waals surface area contributed by atoms with Gasteiger partial charge < -0.3 is 15.2 Å². The number of benzene rings is 2. The van der Waals surface area contributed by atoms with Crippen molar-refractivity contribution in [2.24, 2.45) is 5.73 Å². The average molecular weight is 369 g/mol. The van der Waals surface area contributed by atoms with Crippen molar-refractivity contribution in [2.75, 3.05) is 20.3 Å². The highest BCUT2D eigenvalue weighted by Crippen LogP contribution is 2.35. The van der Waals surface area contributed by atoms with Gasteiger partial charge in [0.1, 0.15) is 5.75 Å². The lowest BCUT2D eigenvalue weighted by Gasteiger charge is -2.17. The van der Waals surface area contributed by atoms with Crippen molar-refractivity contribution in [1.29, 1.82) is 5.41 Å². The molecule has 144 valence electrons. The molecule has 0 aliphatic carbocycles. The highest BCUT2D eigenvalue weighted by atomic mass is 16.5. The average Bonchev–Trinajstić information content (AvgIpc) is 2.65. The van der Waals surface area contributed by atoms with Crippen LogP contribution in [0.5, 0.6) is 5.75 Å². The van der Waals surface area contributed by atoms with Crippen LogP contribution in [0.2, 0.25) is 0 Å². The highest BCUT2D eigenvalue weighted by Gasteiger charge is 2.14. The lowest BCUT2D eigenvalue weighted by Crippen LogP contribution is -2.35. The monoisotopic (exact) mass is 369 g/mol. The van der Waals surface area contributed by atoms with Gasteiger partial charge in [-0.15, -0.1) is 0 Å². The minimum absolute atomic E-state index is 0.258. The SMILES string of the molecule is COCCCOc1c(-c2ccccc2)ccc(CCC(=O)NC(=N)N)c1C. The molecule has 0 radical (unpaired) electrons. The zero-order chi connectivity index (χ0) is 19.6. The standard InChI is InChI=1S/C21H27N3O3/c1-15-16(10-12-19(25)24-21(22)23)9-11-18(17-7-4-3-5-8-17)20(15)27-14-6-13-26-2/h3-5,7-9,11H,6,10,12-14H2,1-2H3,(H4,22,23,24,25). The van der Waals surface area contributed by atoms with Crippen molar-refractivity contribution in [3.05, 3.63) is 53.6 Å². The second kappa shape index (κ2) is 10.3. The highest BCUT2D eigenvalue weighted by molar-refractivity contribution is 5.94. The van der Waals surface area contributed by atoms with E-state index in [1.165, 1.54) is 0 Å². The Kier molecular flexibility index (Phi) is 7.82. The molecule has 0 saturated heterocycles. The number of methoxy groups -OCH3 is 1. The van der Waals surface area contributed by atoms with Crippen LogP contribution < -0.4 is 15.8 Å². The number of nitrogens with one attached hydrogen (secondary N) is 2. The molecule has 0 fully saturated rings. The Balaban J connectivity index is 2.24. The first-order valence-electron chi connectivity index (χ1n) is 8.96. The Morgan fingerprint density at radius 1 is 1.15 bits per heavy atom. The predicted molar refractivity (Wildman–Crippen MR) is 107 cm³/mol. The van der Waals surface area contributed by atoms with Gasteiger partial charge in [0.25, 0.3) is 0 Å². The zero-order valence-corrected chi connectivity index (χ0v) is 15.9. The summed E-state index contributed by atoms with van der Waals surface area (Å²) in [5.41, 5.74) is 9.37. The van der Waals surface area contributed by atoms with Gasteiger partial charge in [0.05, 0.1) is 6.61 Å². The van der Waals surface area contributed by atoms with Gasteiger partial charge in [-0.25, -0.2) is 0 Å². The summed E-state index contributed by atoms with van der Waals surface area (Å²) in [5.74, 6) is 0.233. The Morgan fingerprint density at radius 2 is 1.89 bits per heavy atom. The van der Waals surface area contributed by atoms with E-state index < -0.39 is 0 Å². The number of ether oxygens (including phenoxy) is 2. The first kappa shape index (κ1) is 20.5. The maximum atomic E-state index is 11.8. The van der Waals surface area contributed by atoms with Crippen LogP contribution in [-0.4, -0.2) is 32.2 Å². The number of carbonyl (C=O) groups excluding carboxylic acids is 1. The molecule has 0 unspecified atom stereocenters. The maximum absolute atomic E-state index is 11.8. The third kappa shape index (κ3) is 6.11. The third-order valence-corrected chi connectivity index (χ3v) is 4.24. The molecular weight excluding hydrogens is 342 g/mol. The first-order chi connectivity index (χ1) is 13.0. The van der Waals surface area contributed by atoms with Gasteiger partial charge in [-0.2, -0.15) is 0 Å². The summed E-state index contributed by atoms with van der Waals surface area (Å²) in [6.45, 7) is 3.21. The number of amides is 1. The Labute approximate surface area is 160 Å². The smallest absolute Gasteiger partial charge is 0.226 e. The number of aryl methyl sites for hydroxylation is 1. The number of carbonyl (C=O) groups is 1. The van der Waals surface area contributed by atoms with E-state index in [0.29, 0.717) is 19.6 Å². The Morgan fingerprint density at radius 3 is 2.56 bits per heavy atom. The van der Waals surface area contributed by atoms with Crippen molar-refractivity contribution in [3.8, 4) is 16.9 Å². The summed E-state index contributed by atoms with van der Waals surface area (Å²) in [5, 5.41) is 9.44. The fourth-order valence-corrected chi connectivity index (χ4v) is 2.87. The predicted octanol–water partition coefficient (Wildman–Crippen LogP) is 3.02. The molecule has 2 aromatic carbocycles. The summed E-state index contributed by atoms with van der Waals surface area (Å²) in [7, 11) is 1.67. The van der Waals surface area contributed by atoms with Gasteiger partial charge in [0, 0.05) is 32.1 Å². The topological polar surface area (TPSA) is 97.4 Å². The molecular formula is C21H27N3O3. The molecule has 0 aliphatic rings. The van der Waals surface area contributed by atoms with E-state index in [2.05, 4.69) is 17.4 Å². The molecule has 0 spiro atoms. The van der Waals surface area contributed by atoms with Crippen LogP contribution in [0.25, 0.3) is 11.1 Å². The Bertz CT molecular complexity index is 776. The van der Waals surface area contributed by atoms with Gasteiger partial charge in [0.15, 0.2) is 5.96 Å². The molecule has 4 N–H and O–H groups in total. The van der Waals surface area contributed by atoms with E-state index in [0.717, 1.165) is 34.4 Å². The van der Waals surface area contributed by atoms with Gasteiger partial charge in [0.2, 0.25) is 5.91 Å². The fraction of sp³-hybridized carbons (Fsp3) is 0.333. The van der Waals surface area contributed by atoms with Crippen molar-refractivity contribution in [2.45, 2.75) is 26.2 Å². The molecule has 0 bridgehead atoms. The summed E-state index contributed by atoms with van der Waals surface area (Å²) in [6, 6.07) is 14.1. The molecule has 1 amide bonds. The number of rotatable bonds is 9. The number of nitrogens with two attached hydrogens (primary N) is 1. The minimum atomic E-state index is -0.335. The zero-order valence-electron chi connectivity index (χ0n) is 15.9. The van der Waals surface area contributed by atoms with Gasteiger partial charge in [-0.05, 0) is 30.0 Å². The van der Waals surface area contributed by atoms with Gasteiger partial charge >= 0.3 is 0 Å². The second-order valence-electron chi connectivity index (χ2n) is 6.25. The van der Waals surface area contributed by atoms with Crippen molar-refractivity contribution < 1.29 is 14.3 Å². The molecule has 27 heavy (non-hydrogen) atoms. The normalized spacial score (nSPS) is 10.4. The number of guanidine groups is 1. The molecule has 2 rings (SSSR count). The third-order valence-electron chi connectivity index (χ3n) is 4.24. The van der Waals surface area contributed by atoms with E-state index in [-0.39, 0.29) is 18.3 Å². The van der Waals surface area contributed by atoms with Gasteiger partial charge in [-0.1, -0.05) is 42.5 Å². The molecule has 0 aromatic heterocycles. The summed E-state index contributed by atoms with van der Waals surface area (Å²) in [4.78, 5) is 11.8. The van der Waals surface area contributed by atoms with E-state index in [4.69, 9.17) is 20.6 Å². The molecule has 6 heteroatoms. The van der Waals surface area contributed by atoms with Crippen LogP contribution in [0.4, 0.5) is 0 Å². The van der Waals surface area contributed by atoms with E-state index in [1.54, 1.807) is 7.11 Å². The quantitative estimate of drug-likeness (QED) is 0.359. The second-order valence-corrected chi connectivity index (χ2v) is 6.25. The molecule has 0 saturated carbocycles. The minimum Gasteiger partial charge on any atom is -0.493 e. The first-order valence-corrected chi connectivity index (χ1v) is 8.96. The van der Waals surface area contributed by atoms with Crippen molar-refractivity contribution in [3.63, 3.8) is 0 Å². The fourth-order valence-electron chi connectivity index (χ4n) is 2.87. The van der Waals surface area contributed by atoms with Crippen molar-refractivity contribution >= 4 is 11.9 Å². The van der Waals surface area contributed by atoms with Crippen LogP contribution >= 0.6 is 0 Å². The summed E-state index contributed by atoms with van der Waals surface area (Å²) < 4.78 is 11.2. The van der Waals surface area contributed by atoms with Crippen LogP contribution in [0, 0.1) is 12.3 Å². The molecule has 0 heterocycles.